The molecule has 1 aliphatic rings. The van der Waals surface area contributed by atoms with Gasteiger partial charge in [0.25, 0.3) is 0 Å². The number of nitrogens with two attached hydrogens (primary N) is 1. The summed E-state index contributed by atoms with van der Waals surface area (Å²) < 4.78 is 7.68. The van der Waals surface area contributed by atoms with Gasteiger partial charge in [0.15, 0.2) is 0 Å². The number of hydrogen-bond donors (Lipinski definition) is 1. The van der Waals surface area contributed by atoms with Crippen molar-refractivity contribution in [2.75, 3.05) is 7.11 Å². The second-order valence-electron chi connectivity index (χ2n) is 5.87. The Balaban J connectivity index is 1.97. The van der Waals surface area contributed by atoms with Gasteiger partial charge in [-0.15, -0.1) is 0 Å². The number of ether oxygens (including phenoxy) is 1. The molecule has 2 unspecified atom stereocenters. The molecule has 0 spiro atoms. The molecule has 1 aliphatic carbocycles. The molecule has 2 rings (SSSR count). The third kappa shape index (κ3) is 3.79. The van der Waals surface area contributed by atoms with E-state index >= 15 is 0 Å². The molecule has 1 aromatic rings. The van der Waals surface area contributed by atoms with Gasteiger partial charge in [-0.1, -0.05) is 26.2 Å². The van der Waals surface area contributed by atoms with Gasteiger partial charge in [-0.25, -0.2) is 4.98 Å². The van der Waals surface area contributed by atoms with Gasteiger partial charge in [0.2, 0.25) is 0 Å². The topological polar surface area (TPSA) is 66.0 Å². The Morgan fingerprint density at radius 3 is 2.80 bits per heavy atom. The van der Waals surface area contributed by atoms with Crippen LogP contribution >= 0.6 is 0 Å². The quantitative estimate of drug-likeness (QED) is 0.831. The maximum atomic E-state index is 6.41. The molecule has 1 aromatic heterocycles. The Hall–Kier alpha value is -0.940. The lowest BCUT2D eigenvalue weighted by Gasteiger charge is -2.33. The minimum absolute atomic E-state index is 0.00269. The fourth-order valence-corrected chi connectivity index (χ4v) is 3.35. The van der Waals surface area contributed by atoms with Crippen molar-refractivity contribution in [3.8, 4) is 0 Å². The van der Waals surface area contributed by atoms with Crippen LogP contribution in [0.3, 0.4) is 0 Å². The van der Waals surface area contributed by atoms with Crippen LogP contribution in [0.4, 0.5) is 0 Å². The maximum absolute atomic E-state index is 6.41. The first kappa shape index (κ1) is 15.4. The molecule has 2 N–H and O–H groups in total. The molecule has 5 nitrogen and oxygen atoms in total. The van der Waals surface area contributed by atoms with E-state index in [-0.39, 0.29) is 12.1 Å². The third-order valence-electron chi connectivity index (χ3n) is 4.36. The first-order valence-corrected chi connectivity index (χ1v) is 7.91. The number of methoxy groups -OCH3 is 1. The van der Waals surface area contributed by atoms with Crippen LogP contribution in [0.1, 0.15) is 51.3 Å². The lowest BCUT2D eigenvalue weighted by molar-refractivity contribution is 0.0172. The second kappa shape index (κ2) is 7.74. The van der Waals surface area contributed by atoms with E-state index in [2.05, 4.69) is 17.0 Å². The van der Waals surface area contributed by atoms with Gasteiger partial charge in [-0.3, -0.25) is 4.68 Å². The lowest BCUT2D eigenvalue weighted by atomic mass is 9.82. The molecule has 1 fully saturated rings. The van der Waals surface area contributed by atoms with Crippen molar-refractivity contribution < 1.29 is 4.74 Å². The van der Waals surface area contributed by atoms with E-state index in [9.17, 15) is 0 Å². The smallest absolute Gasteiger partial charge is 0.138 e. The highest BCUT2D eigenvalue weighted by Gasteiger charge is 2.29. The molecule has 0 radical (unpaired) electrons. The zero-order valence-electron chi connectivity index (χ0n) is 12.8. The zero-order chi connectivity index (χ0) is 14.4. The van der Waals surface area contributed by atoms with Gasteiger partial charge in [-0.2, -0.15) is 5.10 Å². The van der Waals surface area contributed by atoms with E-state index in [4.69, 9.17) is 10.5 Å². The zero-order valence-corrected chi connectivity index (χ0v) is 12.8. The van der Waals surface area contributed by atoms with Gasteiger partial charge in [0.1, 0.15) is 12.2 Å². The Morgan fingerprint density at radius 2 is 2.15 bits per heavy atom. The molecule has 5 heteroatoms. The van der Waals surface area contributed by atoms with Crippen LogP contribution in [-0.4, -0.2) is 34.0 Å². The summed E-state index contributed by atoms with van der Waals surface area (Å²) in [7, 11) is 1.79. The summed E-state index contributed by atoms with van der Waals surface area (Å²) in [5.41, 5.74) is 6.41. The normalized spacial score (nSPS) is 19.9. The Bertz CT molecular complexity index is 387. The summed E-state index contributed by atoms with van der Waals surface area (Å²) in [5, 5.41) is 4.27. The first-order chi connectivity index (χ1) is 9.76. The summed E-state index contributed by atoms with van der Waals surface area (Å²) in [6.45, 7) is 3.05. The van der Waals surface area contributed by atoms with Crippen molar-refractivity contribution in [3.63, 3.8) is 0 Å². The number of rotatable bonds is 7. The van der Waals surface area contributed by atoms with Crippen molar-refractivity contribution in [3.05, 3.63) is 12.2 Å². The van der Waals surface area contributed by atoms with Crippen LogP contribution in [-0.2, 0) is 17.7 Å². The van der Waals surface area contributed by atoms with Crippen LogP contribution in [0, 0.1) is 5.92 Å². The van der Waals surface area contributed by atoms with Crippen molar-refractivity contribution in [1.82, 2.24) is 14.8 Å². The third-order valence-corrected chi connectivity index (χ3v) is 4.36. The van der Waals surface area contributed by atoms with Crippen LogP contribution in [0.2, 0.25) is 0 Å². The molecule has 0 aliphatic heterocycles. The van der Waals surface area contributed by atoms with Crippen molar-refractivity contribution in [1.29, 1.82) is 0 Å². The predicted molar refractivity (Wildman–Crippen MR) is 79.4 cm³/mol. The molecule has 114 valence electrons. The molecule has 20 heavy (non-hydrogen) atoms. The standard InChI is InChI=1S/C15H28N4O/c1-3-9-19-14(17-11-18-19)10-13(16)15(20-2)12-7-5-4-6-8-12/h11-13,15H,3-10,16H2,1-2H3. The number of nitrogens with zero attached hydrogens (tertiary/aromatic N) is 3. The summed E-state index contributed by atoms with van der Waals surface area (Å²) in [6.07, 6.45) is 10.0. The largest absolute Gasteiger partial charge is 0.380 e. The van der Waals surface area contributed by atoms with E-state index in [1.165, 1.54) is 32.1 Å². The van der Waals surface area contributed by atoms with Crippen LogP contribution in [0.15, 0.2) is 6.33 Å². The highest BCUT2D eigenvalue weighted by atomic mass is 16.5. The minimum Gasteiger partial charge on any atom is -0.380 e. The number of hydrogen-bond acceptors (Lipinski definition) is 4. The fraction of sp³-hybridized carbons (Fsp3) is 0.867. The summed E-state index contributed by atoms with van der Waals surface area (Å²) in [4.78, 5) is 4.35. The van der Waals surface area contributed by atoms with Gasteiger partial charge < -0.3 is 10.5 Å². The monoisotopic (exact) mass is 280 g/mol. The molecule has 0 saturated heterocycles. The number of aryl methyl sites for hydroxylation is 1. The van der Waals surface area contributed by atoms with Crippen molar-refractivity contribution in [2.24, 2.45) is 11.7 Å². The van der Waals surface area contributed by atoms with Gasteiger partial charge in [0, 0.05) is 26.1 Å². The van der Waals surface area contributed by atoms with Gasteiger partial charge >= 0.3 is 0 Å². The molecule has 1 saturated carbocycles. The molecular weight excluding hydrogens is 252 g/mol. The summed E-state index contributed by atoms with van der Waals surface area (Å²) in [6, 6.07) is 0.00269. The predicted octanol–water partition coefficient (Wildman–Crippen LogP) is 2.15. The highest BCUT2D eigenvalue weighted by molar-refractivity contribution is 4.93. The Kier molecular flexibility index (Phi) is 5.98. The fourth-order valence-electron chi connectivity index (χ4n) is 3.35. The van der Waals surface area contributed by atoms with Crippen LogP contribution in [0.5, 0.6) is 0 Å². The van der Waals surface area contributed by atoms with Gasteiger partial charge in [-0.05, 0) is 25.2 Å². The minimum atomic E-state index is 0.00269. The molecule has 1 heterocycles. The van der Waals surface area contributed by atoms with E-state index < -0.39 is 0 Å². The average Bonchev–Trinajstić information content (AvgIpc) is 2.88. The number of aromatic nitrogens is 3. The van der Waals surface area contributed by atoms with E-state index in [1.807, 2.05) is 4.68 Å². The SMILES string of the molecule is CCCn1ncnc1CC(N)C(OC)C1CCCCC1. The Morgan fingerprint density at radius 1 is 1.40 bits per heavy atom. The van der Waals surface area contributed by atoms with Crippen molar-refractivity contribution in [2.45, 2.75) is 70.6 Å². The molecular formula is C15H28N4O. The summed E-state index contributed by atoms with van der Waals surface area (Å²) >= 11 is 0. The van der Waals surface area contributed by atoms with Gasteiger partial charge in [0.05, 0.1) is 6.10 Å². The summed E-state index contributed by atoms with van der Waals surface area (Å²) in [5.74, 6) is 1.59. The molecule has 0 amide bonds. The van der Waals surface area contributed by atoms with Crippen molar-refractivity contribution >= 4 is 0 Å². The van der Waals surface area contributed by atoms with E-state index in [0.29, 0.717) is 5.92 Å². The molecule has 2 atom stereocenters. The Labute approximate surface area is 121 Å². The molecule has 0 bridgehead atoms. The lowest BCUT2D eigenvalue weighted by Crippen LogP contribution is -2.44. The highest BCUT2D eigenvalue weighted by Crippen LogP contribution is 2.29. The van der Waals surface area contributed by atoms with Crippen LogP contribution < -0.4 is 5.73 Å². The maximum Gasteiger partial charge on any atom is 0.138 e. The van der Waals surface area contributed by atoms with E-state index in [0.717, 1.165) is 25.2 Å². The van der Waals surface area contributed by atoms with E-state index in [1.54, 1.807) is 13.4 Å². The second-order valence-corrected chi connectivity index (χ2v) is 5.87. The molecule has 0 aromatic carbocycles. The first-order valence-electron chi connectivity index (χ1n) is 7.91. The van der Waals surface area contributed by atoms with Crippen LogP contribution in [0.25, 0.3) is 0 Å². The average molecular weight is 280 g/mol.